The minimum Gasteiger partial charge on any atom is -0.456 e. The zero-order chi connectivity index (χ0) is 29.3. The Morgan fingerprint density at radius 3 is 1.52 bits per heavy atom. The van der Waals surface area contributed by atoms with Crippen molar-refractivity contribution in [2.24, 2.45) is 0 Å². The first-order valence-corrected chi connectivity index (χ1v) is 13.5. The van der Waals surface area contributed by atoms with Gasteiger partial charge in [-0.2, -0.15) is 0 Å². The second-order valence-corrected chi connectivity index (χ2v) is 9.94. The van der Waals surface area contributed by atoms with Gasteiger partial charge in [-0.15, -0.1) is 0 Å². The van der Waals surface area contributed by atoms with Crippen LogP contribution in [0.15, 0.2) is 60.7 Å². The number of benzene rings is 2. The highest BCUT2D eigenvalue weighted by Crippen LogP contribution is 2.50. The molecule has 1 aliphatic rings. The molecule has 0 bridgehead atoms. The van der Waals surface area contributed by atoms with Gasteiger partial charge in [0.1, 0.15) is 17.6 Å². The molecule has 2 aromatic rings. The van der Waals surface area contributed by atoms with Crippen LogP contribution in [0, 0.1) is 0 Å². The van der Waals surface area contributed by atoms with Crippen molar-refractivity contribution in [3.8, 4) is 11.5 Å². The van der Waals surface area contributed by atoms with Gasteiger partial charge in [0.15, 0.2) is 12.2 Å². The monoisotopic (exact) mass is 580 g/mol. The molecule has 3 rings (SSSR count). The van der Waals surface area contributed by atoms with Gasteiger partial charge in [0.05, 0.1) is 6.61 Å². The average Bonchev–Trinajstić information content (AvgIpc) is 2.86. The quantitative estimate of drug-likeness (QED) is 0.217. The molecule has 0 saturated carbocycles. The molecule has 14 heteroatoms. The van der Waals surface area contributed by atoms with Crippen LogP contribution in [0.4, 0.5) is 0 Å². The Bertz CT molecular complexity index is 1170. The summed E-state index contributed by atoms with van der Waals surface area (Å²) in [7, 11) is -4.44. The molecule has 40 heavy (non-hydrogen) atoms. The van der Waals surface area contributed by atoms with Gasteiger partial charge in [-0.05, 0) is 24.3 Å². The molecule has 1 fully saturated rings. The van der Waals surface area contributed by atoms with Crippen molar-refractivity contribution >= 4 is 31.7 Å². The number of para-hydroxylation sites is 2. The Balaban J connectivity index is 1.95. The Hall–Kier alpha value is -3.93. The Labute approximate surface area is 230 Å². The number of carbonyl (C=O) groups excluding carboxylic acids is 4. The minimum atomic E-state index is -4.44. The number of ether oxygens (including phenoxy) is 5. The van der Waals surface area contributed by atoms with Gasteiger partial charge in [0, 0.05) is 27.7 Å². The van der Waals surface area contributed by atoms with Crippen LogP contribution in [0.3, 0.4) is 0 Å². The van der Waals surface area contributed by atoms with E-state index in [0.717, 1.165) is 27.7 Å². The van der Waals surface area contributed by atoms with Crippen molar-refractivity contribution < 1.29 is 61.0 Å². The van der Waals surface area contributed by atoms with Crippen LogP contribution < -0.4 is 9.05 Å². The second kappa shape index (κ2) is 13.9. The Kier molecular flexibility index (Phi) is 10.7. The Morgan fingerprint density at radius 1 is 0.650 bits per heavy atom. The van der Waals surface area contributed by atoms with E-state index in [1.165, 1.54) is 24.3 Å². The SMILES string of the molecule is CC(=O)O[C@@H]1OC(COP(=O)(Oc2ccccc2)Oc2ccccc2)[C@@H](OC(C)=O)[C@H](OC(C)=O)[C@H]1OC(C)=O. The smallest absolute Gasteiger partial charge is 0.456 e. The maximum atomic E-state index is 13.8. The first kappa shape index (κ1) is 30.6. The normalized spacial score (nSPS) is 22.4. The third-order valence-corrected chi connectivity index (χ3v) is 6.43. The lowest BCUT2D eigenvalue weighted by molar-refractivity contribution is -0.298. The minimum absolute atomic E-state index is 0.161. The standard InChI is InChI=1S/C26H29O13P/c1-16(27)33-23-22(37-26(36-19(4)30)25(35-18(3)29)24(23)34-17(2)28)15-32-40(31,38-20-11-7-5-8-12-20)39-21-13-9-6-10-14-21/h5-14,22-26H,15H2,1-4H3/t22?,23-,24+,25-,26-/m1/s1. The fourth-order valence-electron chi connectivity index (χ4n) is 3.70. The van der Waals surface area contributed by atoms with Gasteiger partial charge in [-0.25, -0.2) is 4.57 Å². The number of phosphoric acid groups is 1. The van der Waals surface area contributed by atoms with Crippen LogP contribution >= 0.6 is 7.82 Å². The van der Waals surface area contributed by atoms with Gasteiger partial charge in [-0.3, -0.25) is 23.7 Å². The summed E-state index contributed by atoms with van der Waals surface area (Å²) in [6, 6.07) is 16.1. The molecule has 1 heterocycles. The zero-order valence-electron chi connectivity index (χ0n) is 22.1. The van der Waals surface area contributed by atoms with Crippen LogP contribution in [0.25, 0.3) is 0 Å². The average molecular weight is 580 g/mol. The maximum Gasteiger partial charge on any atom is 0.587 e. The van der Waals surface area contributed by atoms with Crippen molar-refractivity contribution in [3.63, 3.8) is 0 Å². The van der Waals surface area contributed by atoms with Crippen LogP contribution in [-0.2, 0) is 52.0 Å². The Morgan fingerprint density at radius 2 is 1.07 bits per heavy atom. The lowest BCUT2D eigenvalue weighted by atomic mass is 9.98. The number of esters is 4. The molecule has 0 aliphatic carbocycles. The summed E-state index contributed by atoms with van der Waals surface area (Å²) in [4.78, 5) is 47.6. The molecule has 216 valence electrons. The number of rotatable bonds is 11. The third kappa shape index (κ3) is 9.08. The summed E-state index contributed by atoms with van der Waals surface area (Å²) in [6.45, 7) is 3.67. The van der Waals surface area contributed by atoms with Crippen molar-refractivity contribution in [1.82, 2.24) is 0 Å². The topological polar surface area (TPSA) is 159 Å². The predicted molar refractivity (Wildman–Crippen MR) is 135 cm³/mol. The van der Waals surface area contributed by atoms with Crippen molar-refractivity contribution in [3.05, 3.63) is 60.7 Å². The molecule has 5 atom stereocenters. The van der Waals surface area contributed by atoms with Gasteiger partial charge in [-0.1, -0.05) is 36.4 Å². The van der Waals surface area contributed by atoms with E-state index >= 15 is 0 Å². The molecule has 1 aliphatic heterocycles. The molecular formula is C26H29O13P. The van der Waals surface area contributed by atoms with E-state index in [-0.39, 0.29) is 11.5 Å². The highest BCUT2D eigenvalue weighted by molar-refractivity contribution is 7.49. The van der Waals surface area contributed by atoms with E-state index in [2.05, 4.69) is 0 Å². The maximum absolute atomic E-state index is 13.8. The first-order valence-electron chi connectivity index (χ1n) is 12.0. The van der Waals surface area contributed by atoms with E-state index in [1.807, 2.05) is 0 Å². The van der Waals surface area contributed by atoms with E-state index < -0.39 is 69.0 Å². The summed E-state index contributed by atoms with van der Waals surface area (Å²) in [5.74, 6) is -2.96. The molecule has 0 N–H and O–H groups in total. The van der Waals surface area contributed by atoms with E-state index in [4.69, 9.17) is 37.3 Å². The number of hydrogen-bond donors (Lipinski definition) is 0. The van der Waals surface area contributed by atoms with Crippen LogP contribution in [0.2, 0.25) is 0 Å². The van der Waals surface area contributed by atoms with Gasteiger partial charge in [0.2, 0.25) is 12.4 Å². The van der Waals surface area contributed by atoms with E-state index in [1.54, 1.807) is 36.4 Å². The third-order valence-electron chi connectivity index (χ3n) is 5.10. The van der Waals surface area contributed by atoms with Crippen LogP contribution in [-0.4, -0.2) is 61.2 Å². The highest BCUT2D eigenvalue weighted by Gasteiger charge is 2.54. The first-order chi connectivity index (χ1) is 19.0. The molecule has 1 saturated heterocycles. The number of phosphoric ester groups is 1. The van der Waals surface area contributed by atoms with Crippen LogP contribution in [0.5, 0.6) is 11.5 Å². The predicted octanol–water partition coefficient (Wildman–Crippen LogP) is 3.35. The molecule has 1 unspecified atom stereocenters. The van der Waals surface area contributed by atoms with Crippen molar-refractivity contribution in [2.75, 3.05) is 6.61 Å². The number of carbonyl (C=O) groups is 4. The van der Waals surface area contributed by atoms with E-state index in [0.29, 0.717) is 0 Å². The molecule has 0 spiro atoms. The lowest BCUT2D eigenvalue weighted by Gasteiger charge is -2.43. The summed E-state index contributed by atoms with van der Waals surface area (Å²) in [5.41, 5.74) is 0. The molecule has 0 aromatic heterocycles. The van der Waals surface area contributed by atoms with Gasteiger partial charge in [0.25, 0.3) is 0 Å². The summed E-state index contributed by atoms with van der Waals surface area (Å²) in [6.07, 6.45) is -7.47. The molecular weight excluding hydrogens is 551 g/mol. The zero-order valence-corrected chi connectivity index (χ0v) is 23.0. The van der Waals surface area contributed by atoms with E-state index in [9.17, 15) is 23.7 Å². The van der Waals surface area contributed by atoms with Gasteiger partial charge >= 0.3 is 31.7 Å². The molecule has 0 amide bonds. The summed E-state index contributed by atoms with van der Waals surface area (Å²) < 4.78 is 57.4. The van der Waals surface area contributed by atoms with Crippen LogP contribution in [0.1, 0.15) is 27.7 Å². The fourth-order valence-corrected chi connectivity index (χ4v) is 4.94. The van der Waals surface area contributed by atoms with Gasteiger partial charge < -0.3 is 32.7 Å². The molecule has 0 radical (unpaired) electrons. The summed E-state index contributed by atoms with van der Waals surface area (Å²) >= 11 is 0. The lowest BCUT2D eigenvalue weighted by Crippen LogP contribution is -2.63. The fraction of sp³-hybridized carbons (Fsp3) is 0.385. The van der Waals surface area contributed by atoms with Crippen molar-refractivity contribution in [2.45, 2.75) is 58.4 Å². The molecule has 2 aromatic carbocycles. The second-order valence-electron chi connectivity index (χ2n) is 8.43. The number of hydrogen-bond acceptors (Lipinski definition) is 13. The van der Waals surface area contributed by atoms with Crippen molar-refractivity contribution in [1.29, 1.82) is 0 Å². The highest BCUT2D eigenvalue weighted by atomic mass is 31.2. The largest absolute Gasteiger partial charge is 0.587 e. The summed E-state index contributed by atoms with van der Waals surface area (Å²) in [5, 5.41) is 0. The molecule has 13 nitrogen and oxygen atoms in total.